The number of fused-ring (bicyclic) bond motifs is 2. The van der Waals surface area contributed by atoms with Gasteiger partial charge in [-0.15, -0.1) is 21.5 Å². The summed E-state index contributed by atoms with van der Waals surface area (Å²) in [6.07, 6.45) is 6.77. The Kier molecular flexibility index (Phi) is 4.25. The molecule has 3 aromatic rings. The molecule has 0 saturated carbocycles. The fourth-order valence-corrected chi connectivity index (χ4v) is 5.37. The third-order valence-corrected chi connectivity index (χ3v) is 6.68. The van der Waals surface area contributed by atoms with E-state index in [9.17, 15) is 0 Å². The van der Waals surface area contributed by atoms with Gasteiger partial charge >= 0.3 is 0 Å². The molecule has 2 aliphatic rings. The summed E-state index contributed by atoms with van der Waals surface area (Å²) in [5.74, 6) is 0.854. The van der Waals surface area contributed by atoms with Crippen LogP contribution in [0.4, 0.5) is 0 Å². The zero-order chi connectivity index (χ0) is 18.3. The standard InChI is InChI=1S/C21H23N5S/c1-15-24-25-18(27-15)13-26-11-5-9-21(14-26)10-8-17-12-22-20(23-19(17)21)16-6-3-2-4-7-16/h2-4,6-7,12H,5,8-11,13-14H2,1H3. The second-order valence-corrected chi connectivity index (χ2v) is 9.01. The Hall–Kier alpha value is -2.18. The van der Waals surface area contributed by atoms with Crippen LogP contribution in [0.25, 0.3) is 11.4 Å². The molecule has 1 aliphatic heterocycles. The van der Waals surface area contributed by atoms with Crippen LogP contribution in [0, 0.1) is 6.92 Å². The van der Waals surface area contributed by atoms with Crippen LogP contribution in [0.3, 0.4) is 0 Å². The van der Waals surface area contributed by atoms with E-state index in [1.165, 1.54) is 30.5 Å². The van der Waals surface area contributed by atoms with E-state index in [-0.39, 0.29) is 5.41 Å². The molecule has 1 unspecified atom stereocenters. The molecule has 5 nitrogen and oxygen atoms in total. The van der Waals surface area contributed by atoms with Crippen molar-refractivity contribution in [1.82, 2.24) is 25.1 Å². The lowest BCUT2D eigenvalue weighted by Gasteiger charge is -2.40. The maximum atomic E-state index is 5.08. The van der Waals surface area contributed by atoms with Gasteiger partial charge in [-0.3, -0.25) is 4.90 Å². The lowest BCUT2D eigenvalue weighted by Crippen LogP contribution is -2.45. The molecule has 138 valence electrons. The molecule has 3 heterocycles. The summed E-state index contributed by atoms with van der Waals surface area (Å²) in [6.45, 7) is 5.11. The number of hydrogen-bond acceptors (Lipinski definition) is 6. The van der Waals surface area contributed by atoms with Gasteiger partial charge in [0.1, 0.15) is 10.0 Å². The molecule has 1 saturated heterocycles. The normalized spacial score (nSPS) is 22.3. The first-order valence-electron chi connectivity index (χ1n) is 9.65. The number of piperidine rings is 1. The second-order valence-electron chi connectivity index (χ2n) is 7.74. The van der Waals surface area contributed by atoms with E-state index in [2.05, 4.69) is 38.4 Å². The van der Waals surface area contributed by atoms with Crippen molar-refractivity contribution in [2.45, 2.75) is 44.6 Å². The molecule has 1 fully saturated rings. The summed E-state index contributed by atoms with van der Waals surface area (Å²) < 4.78 is 0. The summed E-state index contributed by atoms with van der Waals surface area (Å²) in [7, 11) is 0. The van der Waals surface area contributed by atoms with E-state index in [0.29, 0.717) is 0 Å². The summed E-state index contributed by atoms with van der Waals surface area (Å²) in [5.41, 5.74) is 3.89. The smallest absolute Gasteiger partial charge is 0.159 e. The highest BCUT2D eigenvalue weighted by Crippen LogP contribution is 2.44. The molecule has 1 spiro atoms. The third-order valence-electron chi connectivity index (χ3n) is 5.85. The van der Waals surface area contributed by atoms with Crippen LogP contribution < -0.4 is 0 Å². The second kappa shape index (κ2) is 6.77. The Labute approximate surface area is 163 Å². The van der Waals surface area contributed by atoms with Gasteiger partial charge in [-0.25, -0.2) is 9.97 Å². The lowest BCUT2D eigenvalue weighted by molar-refractivity contribution is 0.136. The van der Waals surface area contributed by atoms with Crippen LogP contribution in [0.2, 0.25) is 0 Å². The van der Waals surface area contributed by atoms with Gasteiger partial charge in [0.05, 0.1) is 12.2 Å². The van der Waals surface area contributed by atoms with Crippen LogP contribution >= 0.6 is 11.3 Å². The van der Waals surface area contributed by atoms with Gasteiger partial charge in [-0.2, -0.15) is 0 Å². The highest BCUT2D eigenvalue weighted by molar-refractivity contribution is 7.11. The van der Waals surface area contributed by atoms with Crippen molar-refractivity contribution < 1.29 is 0 Å². The number of likely N-dealkylation sites (tertiary alicyclic amines) is 1. The molecule has 1 aliphatic carbocycles. The molecule has 0 N–H and O–H groups in total. The third kappa shape index (κ3) is 3.17. The topological polar surface area (TPSA) is 54.8 Å². The minimum absolute atomic E-state index is 0.166. The van der Waals surface area contributed by atoms with E-state index in [1.807, 2.05) is 25.1 Å². The maximum Gasteiger partial charge on any atom is 0.159 e. The maximum absolute atomic E-state index is 5.08. The molecule has 1 atom stereocenters. The minimum Gasteiger partial charge on any atom is -0.296 e. The Balaban J connectivity index is 1.44. The van der Waals surface area contributed by atoms with Gasteiger partial charge in [0, 0.05) is 23.7 Å². The Morgan fingerprint density at radius 2 is 2.04 bits per heavy atom. The van der Waals surface area contributed by atoms with E-state index in [4.69, 9.17) is 4.98 Å². The number of rotatable bonds is 3. The fourth-order valence-electron chi connectivity index (χ4n) is 4.62. The number of benzene rings is 1. The minimum atomic E-state index is 0.166. The van der Waals surface area contributed by atoms with Crippen LogP contribution in [0.15, 0.2) is 36.5 Å². The molecule has 6 heteroatoms. The van der Waals surface area contributed by atoms with Gasteiger partial charge in [0.2, 0.25) is 0 Å². The summed E-state index contributed by atoms with van der Waals surface area (Å²) in [6, 6.07) is 10.3. The van der Waals surface area contributed by atoms with E-state index in [1.54, 1.807) is 11.3 Å². The Morgan fingerprint density at radius 3 is 2.85 bits per heavy atom. The first-order chi connectivity index (χ1) is 13.2. The fraction of sp³-hybridized carbons (Fsp3) is 0.429. The van der Waals surface area contributed by atoms with Crippen molar-refractivity contribution in [2.75, 3.05) is 13.1 Å². The molecule has 1 aromatic carbocycles. The summed E-state index contributed by atoms with van der Waals surface area (Å²) in [5, 5.41) is 10.7. The van der Waals surface area contributed by atoms with Crippen LogP contribution in [-0.4, -0.2) is 38.2 Å². The Bertz CT molecular complexity index is 950. The van der Waals surface area contributed by atoms with Gasteiger partial charge in [-0.05, 0) is 44.7 Å². The lowest BCUT2D eigenvalue weighted by atomic mass is 9.77. The molecular weight excluding hydrogens is 354 g/mol. The highest BCUT2D eigenvalue weighted by Gasteiger charge is 2.43. The zero-order valence-corrected chi connectivity index (χ0v) is 16.4. The van der Waals surface area contributed by atoms with E-state index in [0.717, 1.165) is 47.5 Å². The van der Waals surface area contributed by atoms with Gasteiger partial charge in [0.25, 0.3) is 0 Å². The Morgan fingerprint density at radius 1 is 1.15 bits per heavy atom. The monoisotopic (exact) mass is 377 g/mol. The number of aromatic nitrogens is 4. The first kappa shape index (κ1) is 17.0. The van der Waals surface area contributed by atoms with Crippen molar-refractivity contribution in [3.63, 3.8) is 0 Å². The average molecular weight is 378 g/mol. The molecule has 2 aromatic heterocycles. The van der Waals surface area contributed by atoms with Crippen molar-refractivity contribution in [2.24, 2.45) is 0 Å². The SMILES string of the molecule is Cc1nnc(CN2CCCC3(CCc4cnc(-c5ccccc5)nc43)C2)s1. The predicted molar refractivity (Wildman–Crippen MR) is 107 cm³/mol. The number of nitrogens with zero attached hydrogens (tertiary/aromatic N) is 5. The van der Waals surface area contributed by atoms with Gasteiger partial charge < -0.3 is 0 Å². The van der Waals surface area contributed by atoms with E-state index < -0.39 is 0 Å². The highest BCUT2D eigenvalue weighted by atomic mass is 32.1. The van der Waals surface area contributed by atoms with Crippen LogP contribution in [0.5, 0.6) is 0 Å². The van der Waals surface area contributed by atoms with Crippen molar-refractivity contribution >= 4 is 11.3 Å². The number of aryl methyl sites for hydroxylation is 2. The largest absolute Gasteiger partial charge is 0.296 e. The molecule has 27 heavy (non-hydrogen) atoms. The predicted octanol–water partition coefficient (Wildman–Crippen LogP) is 3.78. The molecule has 0 radical (unpaired) electrons. The zero-order valence-electron chi connectivity index (χ0n) is 15.6. The summed E-state index contributed by atoms with van der Waals surface area (Å²) in [4.78, 5) is 12.3. The number of hydrogen-bond donors (Lipinski definition) is 0. The molecule has 0 bridgehead atoms. The molecular formula is C21H23N5S. The van der Waals surface area contributed by atoms with Crippen LogP contribution in [-0.2, 0) is 18.4 Å². The summed E-state index contributed by atoms with van der Waals surface area (Å²) >= 11 is 1.71. The van der Waals surface area contributed by atoms with Gasteiger partial charge in [-0.1, -0.05) is 30.3 Å². The van der Waals surface area contributed by atoms with Crippen molar-refractivity contribution in [3.8, 4) is 11.4 Å². The average Bonchev–Trinajstić information content (AvgIpc) is 3.26. The first-order valence-corrected chi connectivity index (χ1v) is 10.5. The van der Waals surface area contributed by atoms with Gasteiger partial charge in [0.15, 0.2) is 5.82 Å². The van der Waals surface area contributed by atoms with Crippen molar-refractivity contribution in [1.29, 1.82) is 0 Å². The van der Waals surface area contributed by atoms with Crippen LogP contribution in [0.1, 0.15) is 40.5 Å². The molecule has 5 rings (SSSR count). The van der Waals surface area contributed by atoms with Crippen molar-refractivity contribution in [3.05, 3.63) is 57.8 Å². The quantitative estimate of drug-likeness (QED) is 0.695. The molecule has 0 amide bonds. The van der Waals surface area contributed by atoms with E-state index >= 15 is 0 Å².